The average molecular weight is 399 g/mol. The molecular weight excluding hydrogens is 378 g/mol. The smallest absolute Gasteiger partial charge is 0.273 e. The molecule has 0 saturated carbocycles. The first-order chi connectivity index (χ1) is 14.7. The number of aromatic nitrogens is 2. The zero-order chi connectivity index (χ0) is 20.7. The Bertz CT molecular complexity index is 1190. The zero-order valence-electron chi connectivity index (χ0n) is 16.5. The molecule has 0 aliphatic carbocycles. The Hall–Kier alpha value is -3.80. The summed E-state index contributed by atoms with van der Waals surface area (Å²) >= 11 is 0. The Labute approximate surface area is 173 Å². The van der Waals surface area contributed by atoms with E-state index >= 15 is 0 Å². The number of amides is 1. The lowest BCUT2D eigenvalue weighted by Gasteiger charge is -2.25. The quantitative estimate of drug-likeness (QED) is 0.510. The number of nitrogens with one attached hydrogen (secondary N) is 1. The Morgan fingerprint density at radius 2 is 1.90 bits per heavy atom. The van der Waals surface area contributed by atoms with E-state index in [-0.39, 0.29) is 17.7 Å². The van der Waals surface area contributed by atoms with Crippen molar-refractivity contribution in [3.8, 4) is 17.0 Å². The number of carbonyl (C=O) groups is 1. The number of phenols is 1. The third kappa shape index (κ3) is 2.88. The summed E-state index contributed by atoms with van der Waals surface area (Å²) in [4.78, 5) is 15.1. The van der Waals surface area contributed by atoms with Crippen LogP contribution in [0.3, 0.4) is 0 Å². The van der Waals surface area contributed by atoms with Gasteiger partial charge in [0.1, 0.15) is 22.9 Å². The number of aromatic amines is 1. The highest BCUT2D eigenvalue weighted by Gasteiger charge is 2.42. The summed E-state index contributed by atoms with van der Waals surface area (Å²) in [7, 11) is 0. The van der Waals surface area contributed by atoms with Gasteiger partial charge in [-0.15, -0.1) is 0 Å². The topological polar surface area (TPSA) is 82.4 Å². The first-order valence-electron chi connectivity index (χ1n) is 9.96. The molecule has 2 aromatic carbocycles. The van der Waals surface area contributed by atoms with Gasteiger partial charge in [0.2, 0.25) is 0 Å². The highest BCUT2D eigenvalue weighted by atomic mass is 16.3. The first kappa shape index (κ1) is 18.2. The van der Waals surface area contributed by atoms with Crippen molar-refractivity contribution in [2.24, 2.45) is 0 Å². The van der Waals surface area contributed by atoms with E-state index in [1.807, 2.05) is 24.3 Å². The van der Waals surface area contributed by atoms with Crippen LogP contribution in [-0.4, -0.2) is 26.1 Å². The number of para-hydroxylation sites is 1. The molecule has 30 heavy (non-hydrogen) atoms. The minimum atomic E-state index is -0.336. The third-order valence-electron chi connectivity index (χ3n) is 5.63. The van der Waals surface area contributed by atoms with Gasteiger partial charge in [-0.25, -0.2) is 0 Å². The molecule has 1 amide bonds. The van der Waals surface area contributed by atoms with E-state index in [9.17, 15) is 9.90 Å². The van der Waals surface area contributed by atoms with Crippen LogP contribution in [0.2, 0.25) is 0 Å². The number of hydrogen-bond acceptors (Lipinski definition) is 4. The molecule has 3 heterocycles. The second-order valence-electron chi connectivity index (χ2n) is 7.39. The lowest BCUT2D eigenvalue weighted by atomic mass is 9.95. The number of aryl methyl sites for hydroxylation is 1. The van der Waals surface area contributed by atoms with Crippen molar-refractivity contribution in [3.05, 3.63) is 95.1 Å². The fourth-order valence-electron chi connectivity index (χ4n) is 4.09. The molecule has 1 atom stereocenters. The van der Waals surface area contributed by atoms with Gasteiger partial charge in [0, 0.05) is 11.1 Å². The van der Waals surface area contributed by atoms with Gasteiger partial charge in [0.05, 0.1) is 18.8 Å². The fraction of sp³-hybridized carbons (Fsp3) is 0.167. The number of rotatable bonds is 5. The SMILES string of the molecule is CCc1ccc(C2c3c(-c4ccccc4O)n[nH]c3C(=O)N2Cc2ccco2)cc1. The van der Waals surface area contributed by atoms with Crippen LogP contribution in [0, 0.1) is 0 Å². The number of furan rings is 1. The van der Waals surface area contributed by atoms with E-state index in [1.54, 1.807) is 23.3 Å². The van der Waals surface area contributed by atoms with Crippen LogP contribution in [0.5, 0.6) is 5.75 Å². The van der Waals surface area contributed by atoms with Crippen molar-refractivity contribution in [3.63, 3.8) is 0 Å². The van der Waals surface area contributed by atoms with Crippen molar-refractivity contribution in [2.45, 2.75) is 25.9 Å². The van der Waals surface area contributed by atoms with Crippen LogP contribution < -0.4 is 0 Å². The Morgan fingerprint density at radius 1 is 1.10 bits per heavy atom. The van der Waals surface area contributed by atoms with Crippen molar-refractivity contribution in [1.29, 1.82) is 0 Å². The number of hydrogen-bond donors (Lipinski definition) is 2. The Kier molecular flexibility index (Phi) is 4.39. The largest absolute Gasteiger partial charge is 0.507 e. The van der Waals surface area contributed by atoms with Gasteiger partial charge in [-0.1, -0.05) is 43.3 Å². The lowest BCUT2D eigenvalue weighted by Crippen LogP contribution is -2.29. The van der Waals surface area contributed by atoms with Gasteiger partial charge in [-0.3, -0.25) is 9.89 Å². The standard InChI is InChI=1S/C24H21N3O3/c1-2-15-9-11-16(12-10-15)23-20-21(18-7-3-4-8-19(18)28)25-26-22(20)24(29)27(23)14-17-6-5-13-30-17/h3-13,23,28H,2,14H2,1H3,(H,25,26). The molecule has 5 rings (SSSR count). The first-order valence-corrected chi connectivity index (χ1v) is 9.96. The molecule has 0 spiro atoms. The second kappa shape index (κ2) is 7.22. The monoisotopic (exact) mass is 399 g/mol. The predicted octanol–water partition coefficient (Wildman–Crippen LogP) is 4.68. The van der Waals surface area contributed by atoms with Crippen molar-refractivity contribution in [2.75, 3.05) is 0 Å². The van der Waals surface area contributed by atoms with Gasteiger partial charge < -0.3 is 14.4 Å². The number of carbonyl (C=O) groups excluding carboxylic acids is 1. The Morgan fingerprint density at radius 3 is 2.60 bits per heavy atom. The van der Waals surface area contributed by atoms with E-state index in [4.69, 9.17) is 4.42 Å². The number of aromatic hydroxyl groups is 1. The summed E-state index contributed by atoms with van der Waals surface area (Å²) in [6, 6.07) is 18.7. The molecule has 6 nitrogen and oxygen atoms in total. The maximum absolute atomic E-state index is 13.3. The molecule has 0 radical (unpaired) electrons. The van der Waals surface area contributed by atoms with Crippen LogP contribution in [-0.2, 0) is 13.0 Å². The van der Waals surface area contributed by atoms with Gasteiger partial charge in [-0.2, -0.15) is 5.10 Å². The summed E-state index contributed by atoms with van der Waals surface area (Å²) < 4.78 is 5.51. The predicted molar refractivity (Wildman–Crippen MR) is 112 cm³/mol. The second-order valence-corrected chi connectivity index (χ2v) is 7.39. The van der Waals surface area contributed by atoms with E-state index in [2.05, 4.69) is 41.4 Å². The minimum absolute atomic E-state index is 0.129. The van der Waals surface area contributed by atoms with Gasteiger partial charge in [-0.05, 0) is 41.8 Å². The molecular formula is C24H21N3O3. The maximum atomic E-state index is 13.3. The zero-order valence-corrected chi connectivity index (χ0v) is 16.5. The van der Waals surface area contributed by atoms with E-state index in [0.29, 0.717) is 29.3 Å². The fourth-order valence-corrected chi connectivity index (χ4v) is 4.09. The minimum Gasteiger partial charge on any atom is -0.507 e. The third-order valence-corrected chi connectivity index (χ3v) is 5.63. The normalized spacial score (nSPS) is 15.6. The molecule has 0 saturated heterocycles. The number of benzene rings is 2. The lowest BCUT2D eigenvalue weighted by molar-refractivity contribution is 0.0717. The molecule has 1 unspecified atom stereocenters. The molecule has 150 valence electrons. The van der Waals surface area contributed by atoms with Crippen LogP contribution >= 0.6 is 0 Å². The summed E-state index contributed by atoms with van der Waals surface area (Å²) in [5.74, 6) is 0.699. The average Bonchev–Trinajstić information content (AvgIpc) is 3.49. The highest BCUT2D eigenvalue weighted by molar-refractivity contribution is 6.00. The van der Waals surface area contributed by atoms with Gasteiger partial charge in [0.15, 0.2) is 0 Å². The van der Waals surface area contributed by atoms with Gasteiger partial charge >= 0.3 is 0 Å². The van der Waals surface area contributed by atoms with Crippen molar-refractivity contribution in [1.82, 2.24) is 15.1 Å². The van der Waals surface area contributed by atoms with E-state index in [1.165, 1.54) is 5.56 Å². The van der Waals surface area contributed by atoms with Crippen LogP contribution in [0.4, 0.5) is 0 Å². The molecule has 2 aromatic heterocycles. The number of nitrogens with zero attached hydrogens (tertiary/aromatic N) is 2. The summed E-state index contributed by atoms with van der Waals surface area (Å²) in [6.45, 7) is 2.45. The molecule has 1 aliphatic heterocycles. The molecule has 2 N–H and O–H groups in total. The van der Waals surface area contributed by atoms with Crippen molar-refractivity contribution < 1.29 is 14.3 Å². The number of phenolic OH excluding ortho intramolecular Hbond substituents is 1. The van der Waals surface area contributed by atoms with Crippen LogP contribution in [0.1, 0.15) is 45.9 Å². The van der Waals surface area contributed by atoms with E-state index in [0.717, 1.165) is 17.5 Å². The van der Waals surface area contributed by atoms with Crippen LogP contribution in [0.15, 0.2) is 71.3 Å². The molecule has 0 bridgehead atoms. The highest BCUT2D eigenvalue weighted by Crippen LogP contribution is 2.45. The molecule has 6 heteroatoms. The maximum Gasteiger partial charge on any atom is 0.273 e. The summed E-state index contributed by atoms with van der Waals surface area (Å²) in [5, 5.41) is 17.7. The summed E-state index contributed by atoms with van der Waals surface area (Å²) in [5.41, 5.74) is 4.63. The van der Waals surface area contributed by atoms with Crippen LogP contribution in [0.25, 0.3) is 11.3 Å². The van der Waals surface area contributed by atoms with E-state index < -0.39 is 0 Å². The van der Waals surface area contributed by atoms with Crippen molar-refractivity contribution >= 4 is 5.91 Å². The van der Waals surface area contributed by atoms with Gasteiger partial charge in [0.25, 0.3) is 5.91 Å². The summed E-state index contributed by atoms with van der Waals surface area (Å²) in [6.07, 6.45) is 2.55. The Balaban J connectivity index is 1.66. The molecule has 1 aliphatic rings. The number of H-pyrrole nitrogens is 1. The number of fused-ring (bicyclic) bond motifs is 1. The molecule has 0 fully saturated rings. The molecule has 4 aromatic rings.